The summed E-state index contributed by atoms with van der Waals surface area (Å²) in [6.07, 6.45) is 3.04. The second-order valence-electron chi connectivity index (χ2n) is 17.0. The van der Waals surface area contributed by atoms with Crippen LogP contribution in [0.25, 0.3) is 98.8 Å². The summed E-state index contributed by atoms with van der Waals surface area (Å²) in [5.74, 6) is 1.63. The summed E-state index contributed by atoms with van der Waals surface area (Å²) in [7, 11) is 0. The van der Waals surface area contributed by atoms with Crippen molar-refractivity contribution >= 4 is 93.7 Å². The molecule has 0 spiro atoms. The van der Waals surface area contributed by atoms with Crippen molar-refractivity contribution in [1.29, 1.82) is 0 Å². The molecule has 0 saturated heterocycles. The highest BCUT2D eigenvalue weighted by atomic mass is 16.3. The molecular formula is C59H40N4O. The van der Waals surface area contributed by atoms with Gasteiger partial charge in [0.25, 0.3) is 0 Å². The number of fused-ring (bicyclic) bond motifs is 10. The minimum absolute atomic E-state index is 0.0232. The lowest BCUT2D eigenvalue weighted by atomic mass is 9.99. The molecule has 302 valence electrons. The van der Waals surface area contributed by atoms with Crippen LogP contribution in [0.4, 0.5) is 0 Å². The molecule has 0 N–H and O–H groups in total. The number of hydrogen-bond acceptors (Lipinski definition) is 3. The molecule has 0 saturated carbocycles. The smallest absolute Gasteiger partial charge is 0.161 e. The fraction of sp³-hybridized carbons (Fsp3) is 0.0508. The molecule has 13 rings (SSSR count). The summed E-state index contributed by atoms with van der Waals surface area (Å²) in [4.78, 5) is 11.5. The van der Waals surface area contributed by atoms with Gasteiger partial charge in [-0.15, -0.1) is 0 Å². The molecule has 1 atom stereocenters. The summed E-state index contributed by atoms with van der Waals surface area (Å²) in [5.41, 5.74) is 12.1. The minimum atomic E-state index is 0.0232. The number of benzene rings is 9. The zero-order valence-corrected chi connectivity index (χ0v) is 35.1. The first-order chi connectivity index (χ1) is 31.7. The second-order valence-corrected chi connectivity index (χ2v) is 17.0. The monoisotopic (exact) mass is 820 g/mol. The van der Waals surface area contributed by atoms with E-state index in [4.69, 9.17) is 14.4 Å². The van der Waals surface area contributed by atoms with E-state index in [1.165, 1.54) is 32.3 Å². The van der Waals surface area contributed by atoms with Crippen molar-refractivity contribution in [2.24, 2.45) is 15.9 Å². The number of aromatic nitrogens is 2. The maximum Gasteiger partial charge on any atom is 0.161 e. The average Bonchev–Trinajstić information content (AvgIpc) is 4.00. The number of furan rings is 1. The third kappa shape index (κ3) is 5.64. The highest BCUT2D eigenvalue weighted by Gasteiger charge is 2.26. The van der Waals surface area contributed by atoms with Gasteiger partial charge in [0.1, 0.15) is 11.4 Å². The van der Waals surface area contributed by atoms with Crippen LogP contribution >= 0.6 is 0 Å². The van der Waals surface area contributed by atoms with Crippen LogP contribution in [0.3, 0.4) is 0 Å². The Kier molecular flexibility index (Phi) is 8.19. The maximum absolute atomic E-state index is 7.00. The van der Waals surface area contributed by atoms with Gasteiger partial charge in [-0.25, -0.2) is 9.98 Å². The van der Waals surface area contributed by atoms with Gasteiger partial charge in [0, 0.05) is 49.4 Å². The normalized spacial score (nSPS) is 15.5. The van der Waals surface area contributed by atoms with Crippen molar-refractivity contribution in [3.63, 3.8) is 0 Å². The SMILES string of the molecule is CC1C/C=C(\c2ccc3c(oc4ccccc43)c2-n2c3ccccc3c3cc4ccccc4cc32)N=C(c2cccc(-c3ccccc3)c2)N=C1n1c2ccccc2c2ccccc21. The largest absolute Gasteiger partial charge is 0.454 e. The van der Waals surface area contributed by atoms with Crippen molar-refractivity contribution < 1.29 is 4.42 Å². The van der Waals surface area contributed by atoms with Crippen molar-refractivity contribution in [1.82, 2.24) is 9.13 Å². The van der Waals surface area contributed by atoms with Gasteiger partial charge in [-0.1, -0.05) is 159 Å². The molecular weight excluding hydrogens is 781 g/mol. The Morgan fingerprint density at radius 3 is 1.80 bits per heavy atom. The van der Waals surface area contributed by atoms with E-state index in [2.05, 4.69) is 216 Å². The van der Waals surface area contributed by atoms with Crippen LogP contribution in [-0.4, -0.2) is 20.8 Å². The molecule has 1 unspecified atom stereocenters. The van der Waals surface area contributed by atoms with E-state index in [9.17, 15) is 0 Å². The van der Waals surface area contributed by atoms with Gasteiger partial charge in [-0.05, 0) is 82.9 Å². The fourth-order valence-corrected chi connectivity index (χ4v) is 10.1. The molecule has 5 heteroatoms. The molecule has 0 bridgehead atoms. The molecule has 0 fully saturated rings. The average molecular weight is 821 g/mol. The number of amidine groups is 1. The number of rotatable bonds is 4. The van der Waals surface area contributed by atoms with E-state index in [0.717, 1.165) is 83.5 Å². The summed E-state index contributed by atoms with van der Waals surface area (Å²) in [6, 6.07) is 71.4. The fourth-order valence-electron chi connectivity index (χ4n) is 10.1. The lowest BCUT2D eigenvalue weighted by molar-refractivity contribution is 0.666. The Balaban J connectivity index is 1.12. The van der Waals surface area contributed by atoms with E-state index in [0.29, 0.717) is 12.3 Å². The number of para-hydroxylation sites is 4. The second kappa shape index (κ2) is 14.4. The van der Waals surface area contributed by atoms with Crippen LogP contribution in [0.1, 0.15) is 24.5 Å². The standard InChI is InChI=1S/C59H40N4O/c1-37-30-33-50(60-58(42-21-15-20-39(34-42)38-16-3-2-4-17-38)61-59(37)63-52-27-12-7-22-43(52)44-23-8-13-28-53(44)63)48-32-31-47-46-25-10-14-29-55(46)64-57(47)56(48)62-51-26-11-9-24-45(51)49-35-40-18-5-6-19-41(40)36-54(49)62/h2-29,31-37H,30H2,1H3/b50-33+,60-58?,61-59?. The van der Waals surface area contributed by atoms with Crippen LogP contribution in [0.5, 0.6) is 0 Å². The van der Waals surface area contributed by atoms with Crippen molar-refractivity contribution in [3.05, 3.63) is 217 Å². The molecule has 1 aliphatic rings. The molecule has 4 heterocycles. The predicted molar refractivity (Wildman–Crippen MR) is 268 cm³/mol. The molecule has 64 heavy (non-hydrogen) atoms. The lowest BCUT2D eigenvalue weighted by Crippen LogP contribution is -2.23. The molecule has 0 radical (unpaired) electrons. The molecule has 1 aliphatic heterocycles. The first-order valence-electron chi connectivity index (χ1n) is 22.0. The van der Waals surface area contributed by atoms with Crippen molar-refractivity contribution in [2.45, 2.75) is 13.3 Å². The Labute approximate surface area is 369 Å². The van der Waals surface area contributed by atoms with Crippen LogP contribution in [0.2, 0.25) is 0 Å². The third-order valence-electron chi connectivity index (χ3n) is 13.1. The van der Waals surface area contributed by atoms with Gasteiger partial charge in [-0.3, -0.25) is 4.57 Å². The van der Waals surface area contributed by atoms with Gasteiger partial charge < -0.3 is 8.98 Å². The Hall–Kier alpha value is -8.28. The number of hydrogen-bond donors (Lipinski definition) is 0. The highest BCUT2D eigenvalue weighted by molar-refractivity contribution is 6.19. The first kappa shape index (κ1) is 36.4. The molecule has 9 aromatic carbocycles. The molecule has 3 aromatic heterocycles. The van der Waals surface area contributed by atoms with Gasteiger partial charge in [0.2, 0.25) is 0 Å². The lowest BCUT2D eigenvalue weighted by Gasteiger charge is -2.22. The Morgan fingerprint density at radius 1 is 0.453 bits per heavy atom. The maximum atomic E-state index is 7.00. The number of aliphatic imine (C=N–C) groups is 2. The topological polar surface area (TPSA) is 47.7 Å². The van der Waals surface area contributed by atoms with Gasteiger partial charge in [-0.2, -0.15) is 0 Å². The van der Waals surface area contributed by atoms with E-state index >= 15 is 0 Å². The quantitative estimate of drug-likeness (QED) is 0.174. The Bertz CT molecular complexity index is 3900. The first-order valence-corrected chi connectivity index (χ1v) is 22.0. The number of allylic oxidation sites excluding steroid dienone is 1. The minimum Gasteiger partial charge on any atom is -0.454 e. The molecule has 12 aromatic rings. The molecule has 5 nitrogen and oxygen atoms in total. The van der Waals surface area contributed by atoms with Gasteiger partial charge in [0.05, 0.1) is 33.5 Å². The van der Waals surface area contributed by atoms with Crippen LogP contribution in [0.15, 0.2) is 221 Å². The van der Waals surface area contributed by atoms with Gasteiger partial charge in [0.15, 0.2) is 11.4 Å². The van der Waals surface area contributed by atoms with E-state index in [1.54, 1.807) is 0 Å². The van der Waals surface area contributed by atoms with Crippen LogP contribution in [0, 0.1) is 5.92 Å². The zero-order valence-electron chi connectivity index (χ0n) is 35.1. The molecule has 0 aliphatic carbocycles. The van der Waals surface area contributed by atoms with Crippen LogP contribution < -0.4 is 0 Å². The summed E-state index contributed by atoms with van der Waals surface area (Å²) < 4.78 is 11.8. The van der Waals surface area contributed by atoms with Crippen molar-refractivity contribution in [2.75, 3.05) is 0 Å². The van der Waals surface area contributed by atoms with E-state index in [-0.39, 0.29) is 5.92 Å². The summed E-state index contributed by atoms with van der Waals surface area (Å²) in [5, 5.41) is 9.33. The zero-order chi connectivity index (χ0) is 42.3. The summed E-state index contributed by atoms with van der Waals surface area (Å²) >= 11 is 0. The van der Waals surface area contributed by atoms with Crippen molar-refractivity contribution in [3.8, 4) is 16.8 Å². The van der Waals surface area contributed by atoms with Gasteiger partial charge >= 0.3 is 0 Å². The highest BCUT2D eigenvalue weighted by Crippen LogP contribution is 2.43. The Morgan fingerprint density at radius 2 is 1.05 bits per heavy atom. The molecule has 0 amide bonds. The van der Waals surface area contributed by atoms with Crippen LogP contribution in [-0.2, 0) is 0 Å². The third-order valence-corrected chi connectivity index (χ3v) is 13.1. The van der Waals surface area contributed by atoms with E-state index in [1.807, 2.05) is 6.07 Å². The predicted octanol–water partition coefficient (Wildman–Crippen LogP) is 15.4. The van der Waals surface area contributed by atoms with E-state index < -0.39 is 0 Å². The summed E-state index contributed by atoms with van der Waals surface area (Å²) in [6.45, 7) is 2.29. The number of nitrogens with zero attached hydrogens (tertiary/aromatic N) is 4.